The molecule has 1 unspecified atom stereocenters. The van der Waals surface area contributed by atoms with Crippen LogP contribution in [0.25, 0.3) is 0 Å². The van der Waals surface area contributed by atoms with Gasteiger partial charge in [-0.15, -0.1) is 11.6 Å². The lowest BCUT2D eigenvalue weighted by Gasteiger charge is -2.22. The monoisotopic (exact) mass is 301 g/mol. The number of alkyl halides is 1. The molecule has 1 atom stereocenters. The van der Waals surface area contributed by atoms with Crippen molar-refractivity contribution in [3.8, 4) is 0 Å². The van der Waals surface area contributed by atoms with Crippen LogP contribution in [-0.4, -0.2) is 40.3 Å². The minimum absolute atomic E-state index is 0.0399. The van der Waals surface area contributed by atoms with E-state index < -0.39 is 5.38 Å². The smallest absolute Gasteiger partial charge is 0.245 e. The number of carbonyl (C=O) groups excluding carboxylic acids is 2. The third kappa shape index (κ3) is 5.21. The van der Waals surface area contributed by atoms with Crippen LogP contribution in [0.5, 0.6) is 0 Å². The van der Waals surface area contributed by atoms with Gasteiger partial charge in [0, 0.05) is 12.6 Å². The summed E-state index contributed by atoms with van der Waals surface area (Å²) < 4.78 is 4.85. The molecule has 0 radical (unpaired) electrons. The molecule has 0 saturated heterocycles. The molecule has 7 heteroatoms. The Morgan fingerprint density at radius 1 is 1.55 bits per heavy atom. The largest absolute Gasteiger partial charge is 0.360 e. The van der Waals surface area contributed by atoms with Gasteiger partial charge >= 0.3 is 0 Å². The molecule has 2 amide bonds. The number of nitrogens with one attached hydrogen (secondary N) is 1. The van der Waals surface area contributed by atoms with Gasteiger partial charge in [-0.2, -0.15) is 0 Å². The molecule has 0 saturated carbocycles. The van der Waals surface area contributed by atoms with Crippen molar-refractivity contribution in [1.29, 1.82) is 0 Å². The van der Waals surface area contributed by atoms with Gasteiger partial charge in [0.15, 0.2) is 5.82 Å². The topological polar surface area (TPSA) is 75.4 Å². The molecule has 0 fully saturated rings. The van der Waals surface area contributed by atoms with Gasteiger partial charge in [0.1, 0.15) is 11.1 Å². The molecule has 6 nitrogen and oxygen atoms in total. The molecule has 112 valence electrons. The summed E-state index contributed by atoms with van der Waals surface area (Å²) in [4.78, 5) is 25.3. The maximum absolute atomic E-state index is 11.9. The molecular weight excluding hydrogens is 282 g/mol. The first kappa shape index (κ1) is 16.5. The molecule has 0 aliphatic carbocycles. The molecule has 1 aromatic rings. The number of rotatable bonds is 7. The highest BCUT2D eigenvalue weighted by Crippen LogP contribution is 2.08. The molecule has 0 aromatic carbocycles. The molecule has 1 aromatic heterocycles. The SMILES string of the molecule is CCCCN(CC(=O)Nc1cc(C)on1)C(=O)C(C)Cl. The van der Waals surface area contributed by atoms with Crippen LogP contribution in [0.4, 0.5) is 5.82 Å². The van der Waals surface area contributed by atoms with Crippen molar-refractivity contribution < 1.29 is 14.1 Å². The van der Waals surface area contributed by atoms with Gasteiger partial charge in [0.25, 0.3) is 0 Å². The number of carbonyl (C=O) groups is 2. The predicted octanol–water partition coefficient (Wildman–Crippen LogP) is 2.18. The number of aryl methyl sites for hydroxylation is 1. The van der Waals surface area contributed by atoms with E-state index in [0.717, 1.165) is 12.8 Å². The molecule has 1 heterocycles. The molecular formula is C13H20ClN3O3. The van der Waals surface area contributed by atoms with E-state index in [4.69, 9.17) is 16.1 Å². The Balaban J connectivity index is 2.59. The summed E-state index contributed by atoms with van der Waals surface area (Å²) >= 11 is 5.80. The van der Waals surface area contributed by atoms with Crippen molar-refractivity contribution in [3.63, 3.8) is 0 Å². The van der Waals surface area contributed by atoms with Crippen LogP contribution < -0.4 is 5.32 Å². The van der Waals surface area contributed by atoms with Gasteiger partial charge in [0.05, 0.1) is 6.54 Å². The van der Waals surface area contributed by atoms with Crippen LogP contribution in [0.3, 0.4) is 0 Å². The summed E-state index contributed by atoms with van der Waals surface area (Å²) in [6, 6.07) is 1.61. The Labute approximate surface area is 123 Å². The zero-order valence-electron chi connectivity index (χ0n) is 12.0. The van der Waals surface area contributed by atoms with Gasteiger partial charge < -0.3 is 14.7 Å². The van der Waals surface area contributed by atoms with Crippen LogP contribution in [0.2, 0.25) is 0 Å². The summed E-state index contributed by atoms with van der Waals surface area (Å²) in [5, 5.41) is 5.61. The zero-order valence-corrected chi connectivity index (χ0v) is 12.7. The average Bonchev–Trinajstić information content (AvgIpc) is 2.78. The fourth-order valence-electron chi connectivity index (χ4n) is 1.65. The second-order valence-corrected chi connectivity index (χ2v) is 5.25. The minimum Gasteiger partial charge on any atom is -0.360 e. The lowest BCUT2D eigenvalue weighted by atomic mass is 10.3. The number of nitrogens with zero attached hydrogens (tertiary/aromatic N) is 2. The first-order valence-electron chi connectivity index (χ1n) is 6.60. The Kier molecular flexibility index (Phi) is 6.51. The third-order valence-electron chi connectivity index (χ3n) is 2.66. The molecule has 20 heavy (non-hydrogen) atoms. The quantitative estimate of drug-likeness (QED) is 0.783. The fraction of sp³-hybridized carbons (Fsp3) is 0.615. The summed E-state index contributed by atoms with van der Waals surface area (Å²) in [6.07, 6.45) is 1.76. The predicted molar refractivity (Wildman–Crippen MR) is 76.7 cm³/mol. The van der Waals surface area contributed by atoms with E-state index in [1.54, 1.807) is 19.9 Å². The standard InChI is InChI=1S/C13H20ClN3O3/c1-4-5-6-17(13(19)10(3)14)8-12(18)15-11-7-9(2)20-16-11/h7,10H,4-6,8H2,1-3H3,(H,15,16,18). The lowest BCUT2D eigenvalue weighted by molar-refractivity contribution is -0.134. The fourth-order valence-corrected chi connectivity index (χ4v) is 1.79. The van der Waals surface area contributed by atoms with Crippen LogP contribution in [-0.2, 0) is 9.59 Å². The van der Waals surface area contributed by atoms with Crippen molar-refractivity contribution in [2.45, 2.75) is 39.0 Å². The average molecular weight is 302 g/mol. The van der Waals surface area contributed by atoms with Gasteiger partial charge in [-0.05, 0) is 20.3 Å². The summed E-state index contributed by atoms with van der Waals surface area (Å²) in [5.74, 6) is 0.384. The van der Waals surface area contributed by atoms with Gasteiger partial charge in [-0.1, -0.05) is 18.5 Å². The second kappa shape index (κ2) is 7.89. The second-order valence-electron chi connectivity index (χ2n) is 4.60. The molecule has 0 spiro atoms. The van der Waals surface area contributed by atoms with E-state index in [-0.39, 0.29) is 18.4 Å². The van der Waals surface area contributed by atoms with Crippen molar-refractivity contribution in [2.75, 3.05) is 18.4 Å². The lowest BCUT2D eigenvalue weighted by Crippen LogP contribution is -2.41. The van der Waals surface area contributed by atoms with Gasteiger partial charge in [-0.25, -0.2) is 0 Å². The number of amides is 2. The molecule has 0 bridgehead atoms. The summed E-state index contributed by atoms with van der Waals surface area (Å²) in [7, 11) is 0. The van der Waals surface area contributed by atoms with E-state index in [1.165, 1.54) is 4.90 Å². The van der Waals surface area contributed by atoms with Crippen molar-refractivity contribution in [1.82, 2.24) is 10.1 Å². The van der Waals surface area contributed by atoms with E-state index in [0.29, 0.717) is 18.1 Å². The van der Waals surface area contributed by atoms with E-state index >= 15 is 0 Å². The van der Waals surface area contributed by atoms with Gasteiger partial charge in [0.2, 0.25) is 11.8 Å². The van der Waals surface area contributed by atoms with Crippen molar-refractivity contribution in [3.05, 3.63) is 11.8 Å². The van der Waals surface area contributed by atoms with Crippen LogP contribution in [0.15, 0.2) is 10.6 Å². The Morgan fingerprint density at radius 3 is 2.75 bits per heavy atom. The van der Waals surface area contributed by atoms with Crippen molar-refractivity contribution in [2.24, 2.45) is 0 Å². The van der Waals surface area contributed by atoms with Crippen LogP contribution >= 0.6 is 11.6 Å². The molecule has 0 aliphatic heterocycles. The number of anilines is 1. The number of unbranched alkanes of at least 4 members (excludes halogenated alkanes) is 1. The Hall–Kier alpha value is -1.56. The maximum atomic E-state index is 11.9. The Morgan fingerprint density at radius 2 is 2.25 bits per heavy atom. The highest BCUT2D eigenvalue weighted by atomic mass is 35.5. The maximum Gasteiger partial charge on any atom is 0.245 e. The normalized spacial score (nSPS) is 12.0. The molecule has 0 aliphatic rings. The highest BCUT2D eigenvalue weighted by Gasteiger charge is 2.21. The zero-order chi connectivity index (χ0) is 15.1. The third-order valence-corrected chi connectivity index (χ3v) is 2.85. The summed E-state index contributed by atoms with van der Waals surface area (Å²) in [5.41, 5.74) is 0. The highest BCUT2D eigenvalue weighted by molar-refractivity contribution is 6.30. The van der Waals surface area contributed by atoms with E-state index in [9.17, 15) is 9.59 Å². The van der Waals surface area contributed by atoms with Crippen LogP contribution in [0, 0.1) is 6.92 Å². The number of hydrogen-bond acceptors (Lipinski definition) is 4. The Bertz CT molecular complexity index is 459. The minimum atomic E-state index is -0.644. The molecule has 1 rings (SSSR count). The van der Waals surface area contributed by atoms with Gasteiger partial charge in [-0.3, -0.25) is 9.59 Å². The van der Waals surface area contributed by atoms with Crippen LogP contribution in [0.1, 0.15) is 32.4 Å². The van der Waals surface area contributed by atoms with Crippen molar-refractivity contribution >= 4 is 29.2 Å². The molecule has 1 N–H and O–H groups in total. The summed E-state index contributed by atoms with van der Waals surface area (Å²) in [6.45, 7) is 5.82. The number of hydrogen-bond donors (Lipinski definition) is 1. The first-order valence-corrected chi connectivity index (χ1v) is 7.03. The number of halogens is 1. The first-order chi connectivity index (χ1) is 9.43. The van der Waals surface area contributed by atoms with E-state index in [1.807, 2.05) is 6.92 Å². The number of aromatic nitrogens is 1. The van der Waals surface area contributed by atoms with E-state index in [2.05, 4.69) is 10.5 Å².